The standard InChI is InChI=1S/C17H25NO9P2S/c1-16(9-5-10-18-16)15(12-17(19,28(20,21)22)29(23,24)25)8-11-30(26,27)13-14-6-3-2-4-7-14/h2-7,9-10,15,19H,8,11-13H2,1H3,(H2,20,21,22)(H2,23,24,25). The molecule has 0 saturated heterocycles. The zero-order chi connectivity index (χ0) is 22.8. The fraction of sp³-hybridized carbons (Fsp3) is 0.471. The maximum absolute atomic E-state index is 12.6. The van der Waals surface area contributed by atoms with Crippen molar-refractivity contribution in [2.75, 3.05) is 5.75 Å². The number of hydrogen-bond donors (Lipinski definition) is 5. The maximum Gasteiger partial charge on any atom is 0.369 e. The molecular formula is C17H25NO9P2S. The molecule has 0 bridgehead atoms. The summed E-state index contributed by atoms with van der Waals surface area (Å²) in [5.74, 6) is -1.77. The Balaban J connectivity index is 2.31. The van der Waals surface area contributed by atoms with Gasteiger partial charge in [-0.2, -0.15) is 0 Å². The van der Waals surface area contributed by atoms with Gasteiger partial charge < -0.3 is 24.7 Å². The highest BCUT2D eigenvalue weighted by Crippen LogP contribution is 2.70. The summed E-state index contributed by atoms with van der Waals surface area (Å²) >= 11 is 0. The van der Waals surface area contributed by atoms with Crippen molar-refractivity contribution in [1.82, 2.24) is 0 Å². The third-order valence-corrected chi connectivity index (χ3v) is 10.6. The van der Waals surface area contributed by atoms with Crippen molar-refractivity contribution in [2.45, 2.75) is 36.1 Å². The first-order valence-corrected chi connectivity index (χ1v) is 14.0. The molecular weight excluding hydrogens is 456 g/mol. The second kappa shape index (κ2) is 8.76. The predicted molar refractivity (Wildman–Crippen MR) is 112 cm³/mol. The molecule has 168 valence electrons. The third-order valence-electron chi connectivity index (χ3n) is 5.16. The highest BCUT2D eigenvalue weighted by atomic mass is 32.2. The summed E-state index contributed by atoms with van der Waals surface area (Å²) < 4.78 is 48.7. The molecule has 0 aliphatic carbocycles. The molecule has 0 spiro atoms. The van der Waals surface area contributed by atoms with E-state index in [-0.39, 0.29) is 12.2 Å². The highest BCUT2D eigenvalue weighted by molar-refractivity contribution is 7.90. The Bertz CT molecular complexity index is 977. The Labute approximate surface area is 174 Å². The van der Waals surface area contributed by atoms with Gasteiger partial charge in [0.1, 0.15) is 0 Å². The lowest BCUT2D eigenvalue weighted by atomic mass is 9.82. The molecule has 1 heterocycles. The molecule has 13 heteroatoms. The van der Waals surface area contributed by atoms with E-state index in [0.29, 0.717) is 5.56 Å². The van der Waals surface area contributed by atoms with Gasteiger partial charge in [0.05, 0.1) is 17.0 Å². The van der Waals surface area contributed by atoms with Crippen molar-refractivity contribution in [2.24, 2.45) is 10.9 Å². The van der Waals surface area contributed by atoms with Crippen LogP contribution >= 0.6 is 15.2 Å². The average Bonchev–Trinajstić information content (AvgIpc) is 3.04. The van der Waals surface area contributed by atoms with E-state index < -0.39 is 53.7 Å². The van der Waals surface area contributed by atoms with Crippen LogP contribution in [0.3, 0.4) is 0 Å². The number of benzene rings is 1. The number of sulfone groups is 1. The van der Waals surface area contributed by atoms with Crippen LogP contribution in [0.15, 0.2) is 47.5 Å². The minimum atomic E-state index is -5.69. The summed E-state index contributed by atoms with van der Waals surface area (Å²) in [5, 5.41) is 6.69. The first-order valence-electron chi connectivity index (χ1n) is 8.91. The molecule has 30 heavy (non-hydrogen) atoms. The molecule has 0 fully saturated rings. The Morgan fingerprint density at radius 3 is 2.13 bits per heavy atom. The van der Waals surface area contributed by atoms with Crippen LogP contribution in [-0.2, 0) is 24.7 Å². The van der Waals surface area contributed by atoms with Crippen molar-refractivity contribution in [3.8, 4) is 0 Å². The first kappa shape index (κ1) is 25.1. The zero-order valence-corrected chi connectivity index (χ0v) is 18.7. The van der Waals surface area contributed by atoms with Crippen LogP contribution in [0.25, 0.3) is 0 Å². The van der Waals surface area contributed by atoms with Gasteiger partial charge in [0.25, 0.3) is 5.08 Å². The summed E-state index contributed by atoms with van der Waals surface area (Å²) in [6.07, 6.45) is 3.18. The number of allylic oxidation sites excluding steroid dienone is 1. The number of aliphatic hydroxyl groups is 1. The number of nitrogens with zero attached hydrogens (tertiary/aromatic N) is 1. The summed E-state index contributed by atoms with van der Waals surface area (Å²) in [6, 6.07) is 8.39. The zero-order valence-electron chi connectivity index (χ0n) is 16.1. The minimum Gasteiger partial charge on any atom is -0.368 e. The van der Waals surface area contributed by atoms with E-state index in [1.807, 2.05) is 0 Å². The van der Waals surface area contributed by atoms with E-state index in [9.17, 15) is 42.2 Å². The fourth-order valence-electron chi connectivity index (χ4n) is 3.29. The SMILES string of the molecule is CC1(C(CCS(=O)(=O)Cc2ccccc2)CC(O)(P(=O)(O)O)P(=O)(O)O)C=CC=N1. The van der Waals surface area contributed by atoms with Crippen LogP contribution in [0.4, 0.5) is 0 Å². The number of aliphatic imine (C=N–C) groups is 1. The summed E-state index contributed by atoms with van der Waals surface area (Å²) in [5.41, 5.74) is -0.637. The van der Waals surface area contributed by atoms with Crippen LogP contribution in [0.1, 0.15) is 25.3 Å². The topological polar surface area (TPSA) is 182 Å². The monoisotopic (exact) mass is 481 g/mol. The van der Waals surface area contributed by atoms with Gasteiger partial charge in [-0.05, 0) is 30.9 Å². The van der Waals surface area contributed by atoms with E-state index in [0.717, 1.165) is 0 Å². The second-order valence-corrected chi connectivity index (χ2v) is 13.7. The Morgan fingerprint density at radius 2 is 1.67 bits per heavy atom. The van der Waals surface area contributed by atoms with Gasteiger partial charge in [-0.15, -0.1) is 0 Å². The predicted octanol–water partition coefficient (Wildman–Crippen LogP) is 1.40. The van der Waals surface area contributed by atoms with Gasteiger partial charge in [0.2, 0.25) is 0 Å². The van der Waals surface area contributed by atoms with Crippen molar-refractivity contribution >= 4 is 31.2 Å². The number of hydrogen-bond acceptors (Lipinski definition) is 6. The lowest BCUT2D eigenvalue weighted by Crippen LogP contribution is -2.39. The van der Waals surface area contributed by atoms with Gasteiger partial charge in [-0.25, -0.2) is 8.42 Å². The Hall–Kier alpha value is -1.16. The molecule has 0 radical (unpaired) electrons. The van der Waals surface area contributed by atoms with E-state index in [1.165, 1.54) is 25.3 Å². The number of rotatable bonds is 10. The molecule has 2 rings (SSSR count). The Morgan fingerprint density at radius 1 is 1.10 bits per heavy atom. The van der Waals surface area contributed by atoms with E-state index in [4.69, 9.17) is 0 Å². The molecule has 0 amide bonds. The molecule has 1 aromatic carbocycles. The van der Waals surface area contributed by atoms with Gasteiger partial charge >= 0.3 is 15.2 Å². The largest absolute Gasteiger partial charge is 0.369 e. The van der Waals surface area contributed by atoms with Crippen LogP contribution in [0.5, 0.6) is 0 Å². The molecule has 1 aromatic rings. The van der Waals surface area contributed by atoms with Crippen molar-refractivity contribution in [1.29, 1.82) is 0 Å². The Kier molecular flexibility index (Phi) is 7.33. The van der Waals surface area contributed by atoms with Gasteiger partial charge in [0, 0.05) is 12.6 Å². The average molecular weight is 481 g/mol. The van der Waals surface area contributed by atoms with Crippen molar-refractivity contribution < 1.29 is 42.2 Å². The molecule has 1 aliphatic heterocycles. The molecule has 5 N–H and O–H groups in total. The second-order valence-electron chi connectivity index (χ2n) is 7.49. The molecule has 2 unspecified atom stereocenters. The summed E-state index contributed by atoms with van der Waals surface area (Å²) in [7, 11) is -15.0. The van der Waals surface area contributed by atoms with Crippen LogP contribution in [0, 0.1) is 5.92 Å². The molecule has 0 saturated carbocycles. The van der Waals surface area contributed by atoms with Crippen LogP contribution in [-0.4, -0.2) is 55.7 Å². The van der Waals surface area contributed by atoms with Crippen molar-refractivity contribution in [3.05, 3.63) is 48.0 Å². The first-order chi connectivity index (χ1) is 13.6. The van der Waals surface area contributed by atoms with Gasteiger partial charge in [0.15, 0.2) is 9.84 Å². The molecule has 0 aromatic heterocycles. The van der Waals surface area contributed by atoms with Crippen LogP contribution < -0.4 is 0 Å². The fourth-order valence-corrected chi connectivity index (χ4v) is 7.05. The molecule has 10 nitrogen and oxygen atoms in total. The van der Waals surface area contributed by atoms with Gasteiger partial charge in [-0.1, -0.05) is 36.4 Å². The lowest BCUT2D eigenvalue weighted by Gasteiger charge is -2.37. The molecule has 1 aliphatic rings. The lowest BCUT2D eigenvalue weighted by molar-refractivity contribution is 0.0958. The van der Waals surface area contributed by atoms with Crippen molar-refractivity contribution in [3.63, 3.8) is 0 Å². The van der Waals surface area contributed by atoms with E-state index in [2.05, 4.69) is 4.99 Å². The summed E-state index contributed by atoms with van der Waals surface area (Å²) in [6.45, 7) is 1.53. The maximum atomic E-state index is 12.6. The summed E-state index contributed by atoms with van der Waals surface area (Å²) in [4.78, 5) is 42.0. The smallest absolute Gasteiger partial charge is 0.368 e. The quantitative estimate of drug-likeness (QED) is 0.308. The normalized spacial score (nSPS) is 21.1. The molecule has 2 atom stereocenters. The van der Waals surface area contributed by atoms with Crippen LogP contribution in [0.2, 0.25) is 0 Å². The van der Waals surface area contributed by atoms with E-state index in [1.54, 1.807) is 30.3 Å². The highest BCUT2D eigenvalue weighted by Gasteiger charge is 2.61. The third kappa shape index (κ3) is 5.75. The van der Waals surface area contributed by atoms with E-state index >= 15 is 0 Å². The van der Waals surface area contributed by atoms with Gasteiger partial charge in [-0.3, -0.25) is 14.1 Å². The minimum absolute atomic E-state index is 0.227.